The molecule has 0 saturated carbocycles. The van der Waals surface area contributed by atoms with E-state index in [1.165, 1.54) is 50.8 Å². The van der Waals surface area contributed by atoms with Gasteiger partial charge in [0.25, 0.3) is 5.82 Å². The van der Waals surface area contributed by atoms with Gasteiger partial charge in [0.15, 0.2) is 0 Å². The number of imidazole rings is 1. The van der Waals surface area contributed by atoms with Gasteiger partial charge in [-0.25, -0.2) is 0 Å². The first-order valence-corrected chi connectivity index (χ1v) is 35.5. The fraction of sp³-hybridized carbons (Fsp3) is 0.590. The predicted octanol–water partition coefficient (Wildman–Crippen LogP) is 10.9. The standard InChI is InChI=1S/C39H68N2Si5/c1-27(2)33-22-20-23-34(28(3)4)38(33)40-31(9)32(10)41(39-35(29(5)6)24-21-25-36(39)30(7)8)37(40)26-42-46(43(11,12)13,44(14,15)16)45(17,18)19/h20-30H,1-19H3. The molecule has 1 aromatic heterocycles. The van der Waals surface area contributed by atoms with Gasteiger partial charge in [-0.15, -0.1) is 6.14 Å². The molecule has 0 unspecified atom stereocenters. The second kappa shape index (κ2) is 13.8. The Morgan fingerprint density at radius 2 is 0.935 bits per heavy atom. The summed E-state index contributed by atoms with van der Waals surface area (Å²) in [6, 6.07) is 14.2. The molecule has 7 heteroatoms. The molecule has 0 bridgehead atoms. The smallest absolute Gasteiger partial charge is 0.251 e. The summed E-state index contributed by atoms with van der Waals surface area (Å²) in [6.07, 6.45) is -1.62. The van der Waals surface area contributed by atoms with E-state index in [2.05, 4.69) is 179 Å². The lowest BCUT2D eigenvalue weighted by molar-refractivity contribution is -0.603. The van der Waals surface area contributed by atoms with E-state index in [1.54, 1.807) is 0 Å². The number of hydrogen-bond donors (Lipinski definition) is 0. The first-order valence-electron chi connectivity index (χ1n) is 17.9. The second-order valence-corrected chi connectivity index (χ2v) is 66.1. The zero-order valence-electron chi connectivity index (χ0n) is 33.2. The number of rotatable bonds is 11. The van der Waals surface area contributed by atoms with E-state index in [-0.39, 0.29) is 0 Å². The molecule has 0 radical (unpaired) electrons. The Morgan fingerprint density at radius 1 is 0.587 bits per heavy atom. The van der Waals surface area contributed by atoms with E-state index >= 15 is 0 Å². The van der Waals surface area contributed by atoms with Crippen LogP contribution in [0, 0.1) is 13.8 Å². The normalized spacial score (nSPS) is 13.8. The molecule has 3 rings (SSSR count). The van der Waals surface area contributed by atoms with Crippen LogP contribution >= 0.6 is 0 Å². The average molecular weight is 705 g/mol. The molecule has 0 aliphatic carbocycles. The maximum atomic E-state index is 2.84. The van der Waals surface area contributed by atoms with Crippen molar-refractivity contribution in [1.82, 2.24) is 4.57 Å². The van der Waals surface area contributed by atoms with Gasteiger partial charge in [-0.05, 0) is 23.7 Å². The fourth-order valence-electron chi connectivity index (χ4n) is 9.20. The average Bonchev–Trinajstić information content (AvgIpc) is 3.14. The third-order valence-corrected chi connectivity index (χ3v) is 105. The molecule has 2 aromatic carbocycles. The Bertz CT molecular complexity index is 1400. The van der Waals surface area contributed by atoms with Gasteiger partial charge in [0.1, 0.15) is 22.8 Å². The van der Waals surface area contributed by atoms with Gasteiger partial charge in [-0.1, -0.05) is 151 Å². The zero-order valence-corrected chi connectivity index (χ0v) is 38.2. The molecule has 0 fully saturated rings. The van der Waals surface area contributed by atoms with Crippen molar-refractivity contribution in [2.24, 2.45) is 0 Å². The third-order valence-electron chi connectivity index (χ3n) is 10.6. The van der Waals surface area contributed by atoms with Crippen LogP contribution < -0.4 is 4.57 Å². The van der Waals surface area contributed by atoms with Gasteiger partial charge in [0, 0.05) is 58.9 Å². The molecule has 46 heavy (non-hydrogen) atoms. The Kier molecular flexibility index (Phi) is 11.8. The van der Waals surface area contributed by atoms with Crippen LogP contribution in [0.2, 0.25) is 58.9 Å². The molecule has 3 aromatic rings. The van der Waals surface area contributed by atoms with Crippen LogP contribution in [-0.2, 0) is 0 Å². The third kappa shape index (κ3) is 6.87. The minimum Gasteiger partial charge on any atom is -0.440 e. The summed E-state index contributed by atoms with van der Waals surface area (Å²) in [5.41, 5.74) is 14.3. The molecule has 1 heterocycles. The molecular formula is C39H68N2Si5. The van der Waals surface area contributed by atoms with Crippen LogP contribution in [0.4, 0.5) is 0 Å². The molecule has 0 spiro atoms. The van der Waals surface area contributed by atoms with Gasteiger partial charge < -0.3 is 8.65 Å². The molecule has 0 atom stereocenters. The highest BCUT2D eigenvalue weighted by Gasteiger charge is 2.51. The zero-order chi connectivity index (χ0) is 35.3. The summed E-state index contributed by atoms with van der Waals surface area (Å²) in [5.74, 6) is 3.16. The van der Waals surface area contributed by atoms with Crippen molar-refractivity contribution in [2.75, 3.05) is 0 Å². The summed E-state index contributed by atoms with van der Waals surface area (Å²) < 4.78 is 5.46. The summed E-state index contributed by atoms with van der Waals surface area (Å²) in [6.45, 7) is 48.5. The summed E-state index contributed by atoms with van der Waals surface area (Å²) in [7, 11) is -3.42. The summed E-state index contributed by atoms with van der Waals surface area (Å²) in [4.78, 5) is 0. The van der Waals surface area contributed by atoms with Crippen molar-refractivity contribution in [3.63, 3.8) is 0 Å². The van der Waals surface area contributed by atoms with Crippen molar-refractivity contribution in [2.45, 2.75) is 152 Å². The highest BCUT2D eigenvalue weighted by Crippen LogP contribution is 2.37. The minimum absolute atomic E-state index is 0.438. The van der Waals surface area contributed by atoms with Crippen molar-refractivity contribution >= 4 is 43.2 Å². The monoisotopic (exact) mass is 704 g/mol. The SMILES string of the molecule is Cc1c(C)[n+](-c2c(C(C)C)cccc2C(C)C)c(C=[Si-][Si]([Si](C)(C)C)([Si](C)(C)C)[Si](C)(C)C)n1-c1c(C(C)C)cccc1C(C)C. The lowest BCUT2D eigenvalue weighted by Crippen LogP contribution is -2.85. The van der Waals surface area contributed by atoms with Crippen molar-refractivity contribution in [3.8, 4) is 11.4 Å². The minimum atomic E-state index is -1.62. The van der Waals surface area contributed by atoms with E-state index < -0.39 is 28.9 Å². The number of nitrogens with zero attached hydrogens (tertiary/aromatic N) is 2. The van der Waals surface area contributed by atoms with Crippen molar-refractivity contribution in [1.29, 1.82) is 0 Å². The van der Waals surface area contributed by atoms with Crippen LogP contribution in [0.3, 0.4) is 0 Å². The van der Waals surface area contributed by atoms with Crippen LogP contribution in [0.1, 0.15) is 119 Å². The number of benzene rings is 2. The molecule has 2 nitrogen and oxygen atoms in total. The molecule has 254 valence electrons. The maximum Gasteiger partial charge on any atom is 0.251 e. The van der Waals surface area contributed by atoms with Gasteiger partial charge in [0.05, 0.1) is 0 Å². The van der Waals surface area contributed by atoms with Crippen molar-refractivity contribution in [3.05, 3.63) is 75.9 Å². The molecule has 0 saturated heterocycles. The Hall–Kier alpha value is -1.40. The largest absolute Gasteiger partial charge is 0.440 e. The molecule has 0 N–H and O–H groups in total. The van der Waals surface area contributed by atoms with E-state index in [0.717, 1.165) is 8.65 Å². The van der Waals surface area contributed by atoms with E-state index in [0.29, 0.717) is 23.7 Å². The highest BCUT2D eigenvalue weighted by atomic mass is 30.2. The Morgan fingerprint density at radius 3 is 1.26 bits per heavy atom. The quantitative estimate of drug-likeness (QED) is 0.139. The number of hydrogen-bond acceptors (Lipinski definition) is 0. The number of aromatic nitrogens is 2. The maximum absolute atomic E-state index is 2.84. The Balaban J connectivity index is 2.75. The molecule has 0 aliphatic heterocycles. The lowest BCUT2D eigenvalue weighted by atomic mass is 9.92. The van der Waals surface area contributed by atoms with E-state index in [1.807, 2.05) is 0 Å². The molecule has 0 amide bonds. The van der Waals surface area contributed by atoms with Crippen LogP contribution in [0.15, 0.2) is 36.4 Å². The molecular weight excluding hydrogens is 637 g/mol. The first-order chi connectivity index (χ1) is 20.9. The summed E-state index contributed by atoms with van der Waals surface area (Å²) in [5, 5.41) is 0. The highest BCUT2D eigenvalue weighted by molar-refractivity contribution is 8.01. The van der Waals surface area contributed by atoms with E-state index in [9.17, 15) is 0 Å². The predicted molar refractivity (Wildman–Crippen MR) is 220 cm³/mol. The van der Waals surface area contributed by atoms with Gasteiger partial charge >= 0.3 is 0 Å². The van der Waals surface area contributed by atoms with Crippen LogP contribution in [0.25, 0.3) is 11.4 Å². The van der Waals surface area contributed by atoms with Crippen LogP contribution in [0.5, 0.6) is 0 Å². The van der Waals surface area contributed by atoms with Gasteiger partial charge in [-0.3, -0.25) is 0 Å². The van der Waals surface area contributed by atoms with Gasteiger partial charge in [-0.2, -0.15) is 14.8 Å². The Labute approximate surface area is 290 Å². The fourth-order valence-corrected chi connectivity index (χ4v) is 117. The number of para-hydroxylation sites is 2. The second-order valence-electron chi connectivity index (χ2n) is 18.2. The lowest BCUT2D eigenvalue weighted by Gasteiger charge is -2.65. The topological polar surface area (TPSA) is 8.81 Å². The van der Waals surface area contributed by atoms with Crippen LogP contribution in [-0.4, -0.2) is 47.8 Å². The summed E-state index contributed by atoms with van der Waals surface area (Å²) >= 11 is 0. The molecule has 0 aliphatic rings. The van der Waals surface area contributed by atoms with Gasteiger partial charge in [0.2, 0.25) is 0 Å². The van der Waals surface area contributed by atoms with Crippen molar-refractivity contribution < 1.29 is 4.57 Å². The first kappa shape index (κ1) is 39.0. The van der Waals surface area contributed by atoms with E-state index in [4.69, 9.17) is 0 Å².